The van der Waals surface area contributed by atoms with Crippen LogP contribution in [0.5, 0.6) is 0 Å². The molecular formula is C66H119N2O7P. The summed E-state index contributed by atoms with van der Waals surface area (Å²) in [5.41, 5.74) is 0. The molecule has 0 radical (unpaired) electrons. The van der Waals surface area contributed by atoms with E-state index in [-0.39, 0.29) is 24.9 Å². The Hall–Kier alpha value is -2.81. The van der Waals surface area contributed by atoms with Crippen molar-refractivity contribution >= 4 is 19.7 Å². The monoisotopic (exact) mass is 1080 g/mol. The molecule has 0 aliphatic heterocycles. The molecule has 3 unspecified atom stereocenters. The smallest absolute Gasteiger partial charge is 0.306 e. The lowest BCUT2D eigenvalue weighted by molar-refractivity contribution is -0.870. The number of carbonyl (C=O) groups is 2. The van der Waals surface area contributed by atoms with Crippen LogP contribution in [0, 0.1) is 0 Å². The fourth-order valence-corrected chi connectivity index (χ4v) is 9.49. The number of phosphoric ester groups is 1. The van der Waals surface area contributed by atoms with E-state index in [1.54, 1.807) is 0 Å². The van der Waals surface area contributed by atoms with E-state index in [0.29, 0.717) is 17.4 Å². The van der Waals surface area contributed by atoms with Gasteiger partial charge in [-0.15, -0.1) is 0 Å². The normalized spacial score (nSPS) is 14.2. The molecule has 10 heteroatoms. The molecule has 0 aliphatic rings. The minimum atomic E-state index is -4.71. The number of phosphoric acid groups is 1. The van der Waals surface area contributed by atoms with Crippen LogP contribution in [0.2, 0.25) is 0 Å². The zero-order chi connectivity index (χ0) is 55.7. The van der Waals surface area contributed by atoms with Crippen LogP contribution in [0.15, 0.2) is 85.1 Å². The van der Waals surface area contributed by atoms with Crippen molar-refractivity contribution in [1.29, 1.82) is 0 Å². The number of amides is 1. The van der Waals surface area contributed by atoms with Gasteiger partial charge in [-0.1, -0.05) is 254 Å². The van der Waals surface area contributed by atoms with Gasteiger partial charge in [0, 0.05) is 12.8 Å². The van der Waals surface area contributed by atoms with E-state index in [4.69, 9.17) is 13.8 Å². The van der Waals surface area contributed by atoms with Crippen LogP contribution >= 0.6 is 7.82 Å². The van der Waals surface area contributed by atoms with E-state index < -0.39 is 26.6 Å². The second-order valence-corrected chi connectivity index (χ2v) is 23.6. The molecule has 9 nitrogen and oxygen atoms in total. The van der Waals surface area contributed by atoms with Crippen LogP contribution in [0.4, 0.5) is 0 Å². The maximum absolute atomic E-state index is 13.5. The van der Waals surface area contributed by atoms with E-state index in [9.17, 15) is 19.0 Å². The number of hydrogen-bond donors (Lipinski definition) is 1. The van der Waals surface area contributed by atoms with Crippen LogP contribution in [0.3, 0.4) is 0 Å². The Labute approximate surface area is 469 Å². The summed E-state index contributed by atoms with van der Waals surface area (Å²) in [6.07, 6.45) is 72.6. The van der Waals surface area contributed by atoms with Gasteiger partial charge in [0.15, 0.2) is 0 Å². The van der Waals surface area contributed by atoms with Gasteiger partial charge in [0.2, 0.25) is 5.91 Å². The predicted octanol–water partition coefficient (Wildman–Crippen LogP) is 18.8. The van der Waals surface area contributed by atoms with E-state index >= 15 is 0 Å². The van der Waals surface area contributed by atoms with Gasteiger partial charge in [-0.05, 0) is 89.5 Å². The molecule has 0 aromatic rings. The highest BCUT2D eigenvalue weighted by Crippen LogP contribution is 2.38. The molecule has 440 valence electrons. The second kappa shape index (κ2) is 55.5. The summed E-state index contributed by atoms with van der Waals surface area (Å²) in [6.45, 7) is 6.68. The first-order valence-electron chi connectivity index (χ1n) is 31.4. The maximum atomic E-state index is 13.5. The van der Waals surface area contributed by atoms with Crippen molar-refractivity contribution in [3.63, 3.8) is 0 Å². The van der Waals surface area contributed by atoms with Crippen molar-refractivity contribution in [2.24, 2.45) is 0 Å². The highest BCUT2D eigenvalue weighted by molar-refractivity contribution is 7.45. The number of nitrogens with zero attached hydrogens (tertiary/aromatic N) is 1. The van der Waals surface area contributed by atoms with Crippen LogP contribution in [0.1, 0.15) is 271 Å². The third-order valence-corrected chi connectivity index (χ3v) is 14.6. The number of nitrogens with one attached hydrogen (secondary N) is 1. The summed E-state index contributed by atoms with van der Waals surface area (Å²) in [5, 5.41) is 3.02. The molecule has 0 saturated heterocycles. The van der Waals surface area contributed by atoms with Gasteiger partial charge < -0.3 is 28.5 Å². The van der Waals surface area contributed by atoms with Crippen molar-refractivity contribution in [3.05, 3.63) is 85.1 Å². The Bertz CT molecular complexity index is 1580. The van der Waals surface area contributed by atoms with Crippen molar-refractivity contribution < 1.29 is 37.3 Å². The number of allylic oxidation sites excluding steroid dienone is 13. The van der Waals surface area contributed by atoms with Crippen LogP contribution in [0.25, 0.3) is 0 Å². The lowest BCUT2D eigenvalue weighted by Gasteiger charge is -2.30. The summed E-state index contributed by atoms with van der Waals surface area (Å²) in [4.78, 5) is 40.0. The SMILES string of the molecule is CC/C=C/C=C/C=C/CCCCCCCCCC(=O)NC(COP(=O)([O-])OCC[N+](C)(C)C)C(/C=C\CCCCCCCCCCCC)OC(=O)CCCCCCCCCCCC/C=C\C/C=C\C/C=C\CCCCC. The molecule has 0 spiro atoms. The molecule has 0 aromatic carbocycles. The van der Waals surface area contributed by atoms with Crippen molar-refractivity contribution in [2.75, 3.05) is 40.9 Å². The van der Waals surface area contributed by atoms with E-state index in [1.165, 1.54) is 135 Å². The second-order valence-electron chi connectivity index (χ2n) is 22.2. The summed E-state index contributed by atoms with van der Waals surface area (Å²) in [7, 11) is 1.17. The summed E-state index contributed by atoms with van der Waals surface area (Å²) in [5.74, 6) is -0.559. The predicted molar refractivity (Wildman–Crippen MR) is 325 cm³/mol. The molecule has 0 aliphatic carbocycles. The summed E-state index contributed by atoms with van der Waals surface area (Å²) < 4.78 is 30.3. The molecule has 0 aromatic heterocycles. The van der Waals surface area contributed by atoms with Crippen molar-refractivity contribution in [3.8, 4) is 0 Å². The third-order valence-electron chi connectivity index (χ3n) is 13.6. The lowest BCUT2D eigenvalue weighted by atomic mass is 10.0. The lowest BCUT2D eigenvalue weighted by Crippen LogP contribution is -2.47. The van der Waals surface area contributed by atoms with E-state index in [1.807, 2.05) is 33.3 Å². The molecule has 0 saturated carbocycles. The van der Waals surface area contributed by atoms with Crippen molar-refractivity contribution in [2.45, 2.75) is 283 Å². The number of unbranched alkanes of at least 4 members (excludes halogenated alkanes) is 30. The van der Waals surface area contributed by atoms with Crippen LogP contribution in [-0.2, 0) is 27.9 Å². The highest BCUT2D eigenvalue weighted by Gasteiger charge is 2.27. The van der Waals surface area contributed by atoms with Gasteiger partial charge in [0.25, 0.3) is 7.82 Å². The summed E-state index contributed by atoms with van der Waals surface area (Å²) >= 11 is 0. The third kappa shape index (κ3) is 55.9. The number of rotatable bonds is 56. The first-order valence-corrected chi connectivity index (χ1v) is 32.9. The molecule has 0 heterocycles. The molecule has 1 amide bonds. The summed E-state index contributed by atoms with van der Waals surface area (Å²) in [6, 6.07) is -0.900. The Morgan fingerprint density at radius 3 is 1.39 bits per heavy atom. The van der Waals surface area contributed by atoms with Crippen molar-refractivity contribution in [1.82, 2.24) is 5.32 Å². The fraction of sp³-hybridized carbons (Fsp3) is 0.758. The molecular weight excluding hydrogens is 964 g/mol. The molecule has 1 N–H and O–H groups in total. The standard InChI is InChI=1S/C66H119N2O7P/c1-7-10-13-16-19-22-25-28-30-31-32-33-34-35-36-37-39-41-44-47-50-53-56-59-66(70)75-64(57-54-51-48-45-42-27-24-21-18-15-12-9-3)63(62-74-76(71,72)73-61-60-68(4,5)6)67-65(69)58-55-52-49-46-43-40-38-29-26-23-20-17-14-11-8-2/h11,14,17,19-20,22-23,26,28,30,32-33,54,57,63-64H,7-10,12-13,15-16,18,21,24-25,27,29,31,34-53,55-56,58-62H2,1-6H3,(H-,67,69,71,72)/b14-11+,20-17+,22-19-,26-23+,30-28-,33-32-,57-54-. The number of esters is 1. The Morgan fingerprint density at radius 2 is 0.895 bits per heavy atom. The average molecular weight is 1080 g/mol. The first kappa shape index (κ1) is 73.2. The molecule has 0 rings (SSSR count). The van der Waals surface area contributed by atoms with Gasteiger partial charge in [-0.25, -0.2) is 0 Å². The number of hydrogen-bond acceptors (Lipinski definition) is 7. The van der Waals surface area contributed by atoms with Gasteiger partial charge in [-0.3, -0.25) is 14.2 Å². The number of quaternary nitrogens is 1. The number of carbonyl (C=O) groups excluding carboxylic acids is 2. The van der Waals surface area contributed by atoms with Gasteiger partial charge in [0.05, 0.1) is 33.8 Å². The zero-order valence-corrected chi connectivity index (χ0v) is 51.1. The minimum Gasteiger partial charge on any atom is -0.756 e. The number of ether oxygens (including phenoxy) is 1. The Kier molecular flexibility index (Phi) is 53.5. The first-order chi connectivity index (χ1) is 36.9. The van der Waals surface area contributed by atoms with Crippen LogP contribution in [-0.4, -0.2) is 69.4 Å². The van der Waals surface area contributed by atoms with Gasteiger partial charge in [0.1, 0.15) is 19.3 Å². The maximum Gasteiger partial charge on any atom is 0.306 e. The Balaban J connectivity index is 5.20. The average Bonchev–Trinajstić information content (AvgIpc) is 3.38. The highest BCUT2D eigenvalue weighted by atomic mass is 31.2. The quantitative estimate of drug-likeness (QED) is 0.0161. The van der Waals surface area contributed by atoms with Gasteiger partial charge in [-0.2, -0.15) is 0 Å². The fourth-order valence-electron chi connectivity index (χ4n) is 8.76. The van der Waals surface area contributed by atoms with Crippen LogP contribution < -0.4 is 10.2 Å². The molecule has 0 fully saturated rings. The molecule has 76 heavy (non-hydrogen) atoms. The molecule has 0 bridgehead atoms. The zero-order valence-electron chi connectivity index (χ0n) is 50.2. The molecule has 3 atom stereocenters. The minimum absolute atomic E-state index is 0.0287. The topological polar surface area (TPSA) is 114 Å². The Morgan fingerprint density at radius 1 is 0.487 bits per heavy atom. The van der Waals surface area contributed by atoms with E-state index in [2.05, 4.69) is 99.0 Å². The van der Waals surface area contributed by atoms with Gasteiger partial charge >= 0.3 is 5.97 Å². The number of likely N-dealkylation sites (N-methyl/N-ethyl adjacent to an activating group) is 1. The van der Waals surface area contributed by atoms with E-state index in [0.717, 1.165) is 103 Å². The largest absolute Gasteiger partial charge is 0.756 e.